The molecule has 4 aromatic rings. The van der Waals surface area contributed by atoms with Gasteiger partial charge in [-0.1, -0.05) is 12.1 Å². The molecule has 12 heteroatoms. The molecule has 31 heavy (non-hydrogen) atoms. The summed E-state index contributed by atoms with van der Waals surface area (Å²) in [7, 11) is -4.64. The molecule has 7 nitrogen and oxygen atoms in total. The maximum absolute atomic E-state index is 14.8. The Morgan fingerprint density at radius 1 is 1.03 bits per heavy atom. The zero-order valence-corrected chi connectivity index (χ0v) is 16.2. The second-order valence-corrected chi connectivity index (χ2v) is 8.10. The summed E-state index contributed by atoms with van der Waals surface area (Å²) in [6, 6.07) is 8.61. The number of alkyl halides is 3. The number of anilines is 2. The van der Waals surface area contributed by atoms with Crippen molar-refractivity contribution < 1.29 is 26.0 Å². The third kappa shape index (κ3) is 3.77. The summed E-state index contributed by atoms with van der Waals surface area (Å²) < 4.78 is 82.6. The number of nitrogens with two attached hydrogens (primary N) is 1. The molecular formula is C19H13F4N5O2S. The first-order chi connectivity index (χ1) is 14.6. The normalized spacial score (nSPS) is 12.3. The Balaban J connectivity index is 1.70. The number of hydrogen-bond acceptors (Lipinski definition) is 5. The zero-order valence-electron chi connectivity index (χ0n) is 15.4. The van der Waals surface area contributed by atoms with Crippen LogP contribution in [0.3, 0.4) is 0 Å². The molecule has 2 aromatic carbocycles. The van der Waals surface area contributed by atoms with Crippen molar-refractivity contribution in [2.24, 2.45) is 0 Å². The Kier molecular flexibility index (Phi) is 4.81. The molecule has 0 aliphatic carbocycles. The molecule has 2 heterocycles. The van der Waals surface area contributed by atoms with Crippen LogP contribution >= 0.6 is 0 Å². The van der Waals surface area contributed by atoms with E-state index in [2.05, 4.69) is 10.1 Å². The molecule has 0 bridgehead atoms. The fourth-order valence-corrected chi connectivity index (χ4v) is 4.32. The molecule has 0 unspecified atom stereocenters. The van der Waals surface area contributed by atoms with Crippen LogP contribution in [0, 0.1) is 5.82 Å². The van der Waals surface area contributed by atoms with Gasteiger partial charge in [-0.2, -0.15) is 22.8 Å². The standard InChI is InChI=1S/C19H13F4N5O2S/c20-15-9-11(27-31(29,30)16-4-2-1-3-14(16)19(21,22)23)5-6-12(15)13-10-25-17-7-8-26-28(17)18(13)24/h1-10,27H,24H2. The molecule has 0 aliphatic heterocycles. The smallest absolute Gasteiger partial charge is 0.383 e. The summed E-state index contributed by atoms with van der Waals surface area (Å²) in [5.74, 6) is -0.745. The number of halogens is 4. The van der Waals surface area contributed by atoms with E-state index < -0.39 is 32.5 Å². The minimum Gasteiger partial charge on any atom is -0.383 e. The lowest BCUT2D eigenvalue weighted by molar-refractivity contribution is -0.139. The largest absolute Gasteiger partial charge is 0.417 e. The number of benzene rings is 2. The van der Waals surface area contributed by atoms with Crippen LogP contribution in [0.25, 0.3) is 16.8 Å². The molecule has 4 rings (SSSR count). The third-order valence-electron chi connectivity index (χ3n) is 4.45. The van der Waals surface area contributed by atoms with Gasteiger partial charge in [0.2, 0.25) is 0 Å². The van der Waals surface area contributed by atoms with Crippen molar-refractivity contribution in [1.82, 2.24) is 14.6 Å². The predicted octanol–water partition coefficient (Wildman–Crippen LogP) is 3.94. The van der Waals surface area contributed by atoms with Crippen LogP contribution in [0.15, 0.2) is 65.8 Å². The number of sulfonamides is 1. The van der Waals surface area contributed by atoms with Crippen LogP contribution in [-0.2, 0) is 16.2 Å². The van der Waals surface area contributed by atoms with Gasteiger partial charge in [0.05, 0.1) is 22.3 Å². The monoisotopic (exact) mass is 451 g/mol. The van der Waals surface area contributed by atoms with E-state index in [1.54, 1.807) is 6.07 Å². The lowest BCUT2D eigenvalue weighted by atomic mass is 10.1. The topological polar surface area (TPSA) is 102 Å². The Morgan fingerprint density at radius 2 is 1.77 bits per heavy atom. The first-order valence-corrected chi connectivity index (χ1v) is 10.1. The van der Waals surface area contributed by atoms with Gasteiger partial charge < -0.3 is 5.73 Å². The molecule has 0 saturated carbocycles. The molecular weight excluding hydrogens is 438 g/mol. The van der Waals surface area contributed by atoms with E-state index in [9.17, 15) is 26.0 Å². The van der Waals surface area contributed by atoms with E-state index in [0.717, 1.165) is 24.3 Å². The van der Waals surface area contributed by atoms with Crippen molar-refractivity contribution >= 4 is 27.2 Å². The van der Waals surface area contributed by atoms with Gasteiger partial charge in [-0.3, -0.25) is 4.72 Å². The molecule has 0 aliphatic rings. The van der Waals surface area contributed by atoms with E-state index >= 15 is 0 Å². The number of fused-ring (bicyclic) bond motifs is 1. The number of nitrogens with one attached hydrogen (secondary N) is 1. The highest BCUT2D eigenvalue weighted by molar-refractivity contribution is 7.92. The van der Waals surface area contributed by atoms with Crippen LogP contribution in [0.5, 0.6) is 0 Å². The van der Waals surface area contributed by atoms with Crippen LogP contribution in [0.1, 0.15) is 5.56 Å². The highest BCUT2D eigenvalue weighted by Crippen LogP contribution is 2.35. The first kappa shape index (κ1) is 20.6. The fraction of sp³-hybridized carbons (Fsp3) is 0.0526. The van der Waals surface area contributed by atoms with E-state index in [0.29, 0.717) is 11.7 Å². The number of hydrogen-bond donors (Lipinski definition) is 2. The zero-order chi connectivity index (χ0) is 22.4. The van der Waals surface area contributed by atoms with Gasteiger partial charge in [-0.15, -0.1) is 0 Å². The van der Waals surface area contributed by atoms with Gasteiger partial charge in [-0.05, 0) is 30.3 Å². The van der Waals surface area contributed by atoms with Crippen LogP contribution in [0.2, 0.25) is 0 Å². The van der Waals surface area contributed by atoms with Crippen LogP contribution in [0.4, 0.5) is 29.1 Å². The molecule has 0 spiro atoms. The van der Waals surface area contributed by atoms with Crippen molar-refractivity contribution in [2.75, 3.05) is 10.5 Å². The number of rotatable bonds is 4. The summed E-state index contributed by atoms with van der Waals surface area (Å²) in [6.07, 6.45) is -2.07. The number of nitrogen functional groups attached to an aromatic ring is 1. The molecule has 0 atom stereocenters. The van der Waals surface area contributed by atoms with Gasteiger partial charge in [0, 0.05) is 23.4 Å². The SMILES string of the molecule is Nc1c(-c2ccc(NS(=O)(=O)c3ccccc3C(F)(F)F)cc2F)cnc2ccnn12. The highest BCUT2D eigenvalue weighted by Gasteiger charge is 2.37. The average molecular weight is 451 g/mol. The maximum atomic E-state index is 14.8. The van der Waals surface area contributed by atoms with Crippen LogP contribution < -0.4 is 10.5 Å². The third-order valence-corrected chi connectivity index (χ3v) is 5.89. The van der Waals surface area contributed by atoms with Gasteiger partial charge in [-0.25, -0.2) is 17.8 Å². The van der Waals surface area contributed by atoms with E-state index in [1.165, 1.54) is 29.0 Å². The Bertz CT molecular complexity index is 1400. The highest BCUT2D eigenvalue weighted by atomic mass is 32.2. The van der Waals surface area contributed by atoms with Crippen molar-refractivity contribution in [1.29, 1.82) is 0 Å². The van der Waals surface area contributed by atoms with E-state index in [-0.39, 0.29) is 22.6 Å². The van der Waals surface area contributed by atoms with E-state index in [4.69, 9.17) is 5.73 Å². The van der Waals surface area contributed by atoms with Gasteiger partial charge in [0.25, 0.3) is 10.0 Å². The van der Waals surface area contributed by atoms with Crippen LogP contribution in [-0.4, -0.2) is 23.0 Å². The van der Waals surface area contributed by atoms with Crippen molar-refractivity contribution in [3.8, 4) is 11.1 Å². The first-order valence-electron chi connectivity index (χ1n) is 8.65. The van der Waals surface area contributed by atoms with Gasteiger partial charge >= 0.3 is 6.18 Å². The second kappa shape index (κ2) is 7.23. The van der Waals surface area contributed by atoms with Crippen molar-refractivity contribution in [2.45, 2.75) is 11.1 Å². The fourth-order valence-electron chi connectivity index (χ4n) is 3.04. The summed E-state index contributed by atoms with van der Waals surface area (Å²) in [5.41, 5.74) is 5.11. The average Bonchev–Trinajstić information content (AvgIpc) is 3.18. The Labute approximate surface area is 173 Å². The van der Waals surface area contributed by atoms with Crippen molar-refractivity contribution in [3.63, 3.8) is 0 Å². The molecule has 0 saturated heterocycles. The van der Waals surface area contributed by atoms with Crippen molar-refractivity contribution in [3.05, 3.63) is 72.3 Å². The van der Waals surface area contributed by atoms with Gasteiger partial charge in [0.1, 0.15) is 11.6 Å². The Morgan fingerprint density at radius 3 is 2.48 bits per heavy atom. The molecule has 0 radical (unpaired) electrons. The molecule has 3 N–H and O–H groups in total. The molecule has 0 amide bonds. The summed E-state index contributed by atoms with van der Waals surface area (Å²) in [4.78, 5) is 3.14. The number of aromatic nitrogens is 3. The molecule has 2 aromatic heterocycles. The number of nitrogens with zero attached hydrogens (tertiary/aromatic N) is 3. The minimum absolute atomic E-state index is 0.0149. The lowest BCUT2D eigenvalue weighted by Gasteiger charge is -2.15. The minimum atomic E-state index is -4.88. The summed E-state index contributed by atoms with van der Waals surface area (Å²) >= 11 is 0. The maximum Gasteiger partial charge on any atom is 0.417 e. The summed E-state index contributed by atoms with van der Waals surface area (Å²) in [5, 5.41) is 3.98. The Hall–Kier alpha value is -3.67. The molecule has 0 fully saturated rings. The predicted molar refractivity (Wildman–Crippen MR) is 105 cm³/mol. The lowest BCUT2D eigenvalue weighted by Crippen LogP contribution is -2.19. The quantitative estimate of drug-likeness (QED) is 0.458. The van der Waals surface area contributed by atoms with E-state index in [1.807, 2.05) is 4.72 Å². The van der Waals surface area contributed by atoms with Gasteiger partial charge in [0.15, 0.2) is 5.65 Å². The molecule has 160 valence electrons. The second-order valence-electron chi connectivity index (χ2n) is 6.45. The summed E-state index contributed by atoms with van der Waals surface area (Å²) in [6.45, 7) is 0.